The van der Waals surface area contributed by atoms with Crippen LogP contribution in [0.1, 0.15) is 5.56 Å². The van der Waals surface area contributed by atoms with E-state index in [0.717, 1.165) is 23.0 Å². The van der Waals surface area contributed by atoms with Gasteiger partial charge in [-0.3, -0.25) is 4.68 Å². The van der Waals surface area contributed by atoms with Gasteiger partial charge >= 0.3 is 0 Å². The van der Waals surface area contributed by atoms with Gasteiger partial charge in [-0.05, 0) is 42.4 Å². The van der Waals surface area contributed by atoms with Gasteiger partial charge in [0.05, 0.1) is 17.2 Å². The predicted octanol–water partition coefficient (Wildman–Crippen LogP) is 2.81. The van der Waals surface area contributed by atoms with Crippen molar-refractivity contribution < 1.29 is 4.39 Å². The molecule has 0 atom stereocenters. The zero-order valence-electron chi connectivity index (χ0n) is 10.4. The van der Waals surface area contributed by atoms with E-state index in [9.17, 15) is 4.39 Å². The number of aromatic amines is 1. The highest BCUT2D eigenvalue weighted by atomic mass is 32.1. The molecule has 19 heavy (non-hydrogen) atoms. The summed E-state index contributed by atoms with van der Waals surface area (Å²) < 4.78 is 17.6. The summed E-state index contributed by atoms with van der Waals surface area (Å²) in [5.41, 5.74) is 2.79. The Morgan fingerprint density at radius 1 is 1.42 bits per heavy atom. The molecule has 0 aliphatic rings. The minimum atomic E-state index is -0.253. The molecular weight excluding hydrogens is 263 g/mol. The van der Waals surface area contributed by atoms with Gasteiger partial charge in [0.15, 0.2) is 4.77 Å². The number of nitrogens with zero attached hydrogens (tertiary/aromatic N) is 3. The Morgan fingerprint density at radius 3 is 3.00 bits per heavy atom. The lowest BCUT2D eigenvalue weighted by atomic mass is 10.2. The number of hydrogen-bond donors (Lipinski definition) is 1. The highest BCUT2D eigenvalue weighted by Crippen LogP contribution is 2.16. The van der Waals surface area contributed by atoms with Gasteiger partial charge in [-0.25, -0.2) is 4.39 Å². The molecule has 0 aliphatic heterocycles. The van der Waals surface area contributed by atoms with Gasteiger partial charge in [-0.2, -0.15) is 5.10 Å². The summed E-state index contributed by atoms with van der Waals surface area (Å²) in [6.07, 6.45) is 4.61. The SMILES string of the molecule is Cn1cc(CCn2c(=S)[nH]c3ccc(F)cc32)cn1. The van der Waals surface area contributed by atoms with Crippen molar-refractivity contribution in [1.82, 2.24) is 19.3 Å². The molecule has 1 N–H and O–H groups in total. The molecule has 2 aromatic heterocycles. The third-order valence-corrected chi connectivity index (χ3v) is 3.44. The van der Waals surface area contributed by atoms with Crippen LogP contribution in [0.5, 0.6) is 0 Å². The number of H-pyrrole nitrogens is 1. The average Bonchev–Trinajstić information content (AvgIpc) is 2.90. The molecule has 0 spiro atoms. The summed E-state index contributed by atoms with van der Waals surface area (Å²) in [5, 5.41) is 4.13. The fraction of sp³-hybridized carbons (Fsp3) is 0.231. The van der Waals surface area contributed by atoms with E-state index >= 15 is 0 Å². The van der Waals surface area contributed by atoms with Crippen molar-refractivity contribution in [2.24, 2.45) is 7.05 Å². The Morgan fingerprint density at radius 2 is 2.26 bits per heavy atom. The first-order chi connectivity index (χ1) is 9.13. The fourth-order valence-corrected chi connectivity index (χ4v) is 2.49. The van der Waals surface area contributed by atoms with Gasteiger partial charge in [0.2, 0.25) is 0 Å². The van der Waals surface area contributed by atoms with Crippen molar-refractivity contribution in [3.05, 3.63) is 46.7 Å². The number of aromatic nitrogens is 4. The van der Waals surface area contributed by atoms with Crippen LogP contribution in [0, 0.1) is 10.6 Å². The maximum absolute atomic E-state index is 13.3. The van der Waals surface area contributed by atoms with Crippen LogP contribution in [0.15, 0.2) is 30.6 Å². The maximum Gasteiger partial charge on any atom is 0.178 e. The summed E-state index contributed by atoms with van der Waals surface area (Å²) in [7, 11) is 1.89. The third-order valence-electron chi connectivity index (χ3n) is 3.12. The molecule has 0 aliphatic carbocycles. The lowest BCUT2D eigenvalue weighted by molar-refractivity contribution is 0.627. The maximum atomic E-state index is 13.3. The van der Waals surface area contributed by atoms with Crippen molar-refractivity contribution in [3.8, 4) is 0 Å². The molecule has 0 bridgehead atoms. The lowest BCUT2D eigenvalue weighted by Crippen LogP contribution is -2.01. The van der Waals surface area contributed by atoms with E-state index in [-0.39, 0.29) is 5.82 Å². The van der Waals surface area contributed by atoms with Gasteiger partial charge in [0, 0.05) is 19.8 Å². The molecule has 0 saturated carbocycles. The van der Waals surface area contributed by atoms with Crippen LogP contribution in [0.4, 0.5) is 4.39 Å². The van der Waals surface area contributed by atoms with Crippen molar-refractivity contribution in [2.75, 3.05) is 0 Å². The minimum Gasteiger partial charge on any atom is -0.331 e. The zero-order valence-corrected chi connectivity index (χ0v) is 11.2. The van der Waals surface area contributed by atoms with Crippen LogP contribution in [0.2, 0.25) is 0 Å². The second-order valence-corrected chi connectivity index (χ2v) is 4.90. The highest BCUT2D eigenvalue weighted by Gasteiger charge is 2.06. The molecule has 6 heteroatoms. The van der Waals surface area contributed by atoms with Crippen LogP contribution in [-0.4, -0.2) is 19.3 Å². The van der Waals surface area contributed by atoms with E-state index in [4.69, 9.17) is 12.2 Å². The van der Waals surface area contributed by atoms with Gasteiger partial charge in [0.25, 0.3) is 0 Å². The van der Waals surface area contributed by atoms with E-state index in [1.807, 2.05) is 24.0 Å². The number of rotatable bonds is 3. The van der Waals surface area contributed by atoms with Crippen LogP contribution >= 0.6 is 12.2 Å². The Balaban J connectivity index is 1.94. The van der Waals surface area contributed by atoms with Gasteiger partial charge in [0.1, 0.15) is 5.82 Å². The van der Waals surface area contributed by atoms with Crippen molar-refractivity contribution >= 4 is 23.3 Å². The van der Waals surface area contributed by atoms with Gasteiger partial charge in [-0.15, -0.1) is 0 Å². The van der Waals surface area contributed by atoms with Crippen LogP contribution < -0.4 is 0 Å². The normalized spacial score (nSPS) is 11.3. The highest BCUT2D eigenvalue weighted by molar-refractivity contribution is 7.71. The molecule has 4 nitrogen and oxygen atoms in total. The number of aryl methyl sites for hydroxylation is 3. The first-order valence-corrected chi connectivity index (χ1v) is 6.40. The zero-order chi connectivity index (χ0) is 13.4. The molecule has 3 rings (SSSR count). The van der Waals surface area contributed by atoms with E-state index < -0.39 is 0 Å². The van der Waals surface area contributed by atoms with Gasteiger partial charge in [-0.1, -0.05) is 0 Å². The van der Waals surface area contributed by atoms with Crippen LogP contribution in [-0.2, 0) is 20.0 Å². The summed E-state index contributed by atoms with van der Waals surface area (Å²) in [6, 6.07) is 4.64. The number of halogens is 1. The fourth-order valence-electron chi connectivity index (χ4n) is 2.19. The Labute approximate surface area is 114 Å². The first-order valence-electron chi connectivity index (χ1n) is 5.99. The summed E-state index contributed by atoms with van der Waals surface area (Å²) >= 11 is 5.28. The molecule has 0 saturated heterocycles. The molecule has 1 aromatic carbocycles. The number of imidazole rings is 1. The summed E-state index contributed by atoms with van der Waals surface area (Å²) in [4.78, 5) is 3.09. The molecule has 0 amide bonds. The standard InChI is InChI=1S/C13H13FN4S/c1-17-8-9(7-15-17)4-5-18-12-6-10(14)2-3-11(12)16-13(18)19/h2-3,6-8H,4-5H2,1H3,(H,16,19). The third kappa shape index (κ3) is 2.31. The van der Waals surface area contributed by atoms with Crippen molar-refractivity contribution in [3.63, 3.8) is 0 Å². The van der Waals surface area contributed by atoms with Crippen molar-refractivity contribution in [2.45, 2.75) is 13.0 Å². The molecular formula is C13H13FN4S. The lowest BCUT2D eigenvalue weighted by Gasteiger charge is -2.03. The Bertz CT molecular complexity index is 783. The largest absolute Gasteiger partial charge is 0.331 e. The average molecular weight is 276 g/mol. The Hall–Kier alpha value is -1.95. The van der Waals surface area contributed by atoms with Gasteiger partial charge < -0.3 is 9.55 Å². The smallest absolute Gasteiger partial charge is 0.178 e. The minimum absolute atomic E-state index is 0.253. The Kier molecular flexibility index (Phi) is 2.94. The molecule has 0 radical (unpaired) electrons. The summed E-state index contributed by atoms with van der Waals surface area (Å²) in [6.45, 7) is 0.702. The number of hydrogen-bond acceptors (Lipinski definition) is 2. The van der Waals surface area contributed by atoms with E-state index in [0.29, 0.717) is 11.3 Å². The number of benzene rings is 1. The topological polar surface area (TPSA) is 38.5 Å². The van der Waals surface area contributed by atoms with Crippen LogP contribution in [0.25, 0.3) is 11.0 Å². The second kappa shape index (κ2) is 4.62. The molecule has 98 valence electrons. The van der Waals surface area contributed by atoms with E-state index in [2.05, 4.69) is 10.1 Å². The second-order valence-electron chi connectivity index (χ2n) is 4.52. The van der Waals surface area contributed by atoms with Crippen molar-refractivity contribution in [1.29, 1.82) is 0 Å². The molecule has 0 fully saturated rings. The molecule has 2 heterocycles. The van der Waals surface area contributed by atoms with E-state index in [1.165, 1.54) is 12.1 Å². The predicted molar refractivity (Wildman–Crippen MR) is 74.0 cm³/mol. The monoisotopic (exact) mass is 276 g/mol. The number of nitrogens with one attached hydrogen (secondary N) is 1. The molecule has 0 unspecified atom stereocenters. The van der Waals surface area contributed by atoms with Crippen LogP contribution in [0.3, 0.4) is 0 Å². The quantitative estimate of drug-likeness (QED) is 0.747. The number of fused-ring (bicyclic) bond motifs is 1. The summed E-state index contributed by atoms with van der Waals surface area (Å²) in [5.74, 6) is -0.253. The molecule has 3 aromatic rings. The van der Waals surface area contributed by atoms with E-state index in [1.54, 1.807) is 10.7 Å². The first kappa shape index (κ1) is 12.1.